The molecule has 6 nitrogen and oxygen atoms in total. The van der Waals surface area contributed by atoms with E-state index in [4.69, 9.17) is 5.21 Å². The Bertz CT molecular complexity index is 754. The highest BCUT2D eigenvalue weighted by Gasteiger charge is 2.03. The minimum absolute atomic E-state index is 0.333. The van der Waals surface area contributed by atoms with E-state index in [-0.39, 0.29) is 5.91 Å². The van der Waals surface area contributed by atoms with E-state index in [1.807, 2.05) is 12.1 Å². The quantitative estimate of drug-likeness (QED) is 0.315. The molecule has 0 saturated heterocycles. The van der Waals surface area contributed by atoms with Gasteiger partial charge in [0, 0.05) is 16.5 Å². The monoisotopic (exact) mass is 393 g/mol. The summed E-state index contributed by atoms with van der Waals surface area (Å²) in [6.45, 7) is 0. The van der Waals surface area contributed by atoms with Gasteiger partial charge >= 0.3 is 0 Å². The molecule has 2 amide bonds. The van der Waals surface area contributed by atoms with Gasteiger partial charge in [-0.1, -0.05) is 12.1 Å². The third kappa shape index (κ3) is 5.44. The van der Waals surface area contributed by atoms with E-state index in [0.717, 1.165) is 14.2 Å². The number of halogens is 1. The molecule has 3 N–H and O–H groups in total. The Kier molecular flexibility index (Phi) is 6.21. The first-order valence-electron chi connectivity index (χ1n) is 6.39. The first-order valence-corrected chi connectivity index (χ1v) is 8.00. The van der Waals surface area contributed by atoms with Crippen molar-refractivity contribution in [3.05, 3.63) is 62.3 Å². The minimum Gasteiger partial charge on any atom is -0.288 e. The molecule has 0 saturated carbocycles. The molecule has 0 atom stereocenters. The minimum atomic E-state index is -0.624. The van der Waals surface area contributed by atoms with Gasteiger partial charge in [-0.15, -0.1) is 11.3 Å². The van der Waals surface area contributed by atoms with E-state index in [1.165, 1.54) is 29.0 Å². The summed E-state index contributed by atoms with van der Waals surface area (Å²) in [5.74, 6) is -0.957. The van der Waals surface area contributed by atoms with Crippen LogP contribution < -0.4 is 10.9 Å². The highest BCUT2D eigenvalue weighted by Crippen LogP contribution is 2.20. The molecule has 0 spiro atoms. The fourth-order valence-corrected chi connectivity index (χ4v) is 2.87. The summed E-state index contributed by atoms with van der Waals surface area (Å²) in [5.41, 5.74) is 5.10. The van der Waals surface area contributed by atoms with Gasteiger partial charge in [0.2, 0.25) is 0 Å². The third-order valence-corrected chi connectivity index (χ3v) is 4.22. The van der Waals surface area contributed by atoms with Gasteiger partial charge < -0.3 is 0 Å². The molecule has 118 valence electrons. The molecule has 0 unspecified atom stereocenters. The summed E-state index contributed by atoms with van der Waals surface area (Å²) in [5, 5.41) is 12.3. The third-order valence-electron chi connectivity index (χ3n) is 2.66. The van der Waals surface area contributed by atoms with Crippen LogP contribution in [-0.2, 0) is 4.79 Å². The number of hydrogen-bond acceptors (Lipinski definition) is 5. The van der Waals surface area contributed by atoms with Crippen LogP contribution in [0.25, 0.3) is 6.08 Å². The van der Waals surface area contributed by atoms with Crippen LogP contribution in [0.3, 0.4) is 0 Å². The number of carbonyl (C=O) groups is 2. The summed E-state index contributed by atoms with van der Waals surface area (Å²) in [6, 6.07) is 10.4. The zero-order valence-corrected chi connectivity index (χ0v) is 14.1. The van der Waals surface area contributed by atoms with Crippen LogP contribution in [0.2, 0.25) is 0 Å². The predicted molar refractivity (Wildman–Crippen MR) is 92.5 cm³/mol. The molecule has 1 aromatic carbocycles. The lowest BCUT2D eigenvalue weighted by Gasteiger charge is -2.00. The molecule has 8 heteroatoms. The molecule has 2 aromatic rings. The molecule has 23 heavy (non-hydrogen) atoms. The number of nitrogens with one attached hydrogen (secondary N) is 2. The van der Waals surface area contributed by atoms with Crippen molar-refractivity contribution in [2.45, 2.75) is 0 Å². The van der Waals surface area contributed by atoms with Gasteiger partial charge in [0.05, 0.1) is 10.0 Å². The van der Waals surface area contributed by atoms with E-state index >= 15 is 0 Å². The SMILES string of the molecule is O=C(/C=C/c1ccc(C(=O)N/N=C/c2ccc(Br)s2)cc1)NO. The average molecular weight is 394 g/mol. The summed E-state index contributed by atoms with van der Waals surface area (Å²) in [4.78, 5) is 23.7. The first kappa shape index (κ1) is 17.1. The fraction of sp³-hybridized carbons (Fsp3) is 0. The van der Waals surface area contributed by atoms with Crippen molar-refractivity contribution in [1.82, 2.24) is 10.9 Å². The van der Waals surface area contributed by atoms with E-state index in [2.05, 4.69) is 26.5 Å². The van der Waals surface area contributed by atoms with Gasteiger partial charge in [0.25, 0.3) is 11.8 Å². The maximum atomic E-state index is 11.9. The largest absolute Gasteiger partial charge is 0.288 e. The number of hydroxylamine groups is 1. The van der Waals surface area contributed by atoms with Crippen LogP contribution in [0.15, 0.2) is 51.4 Å². The van der Waals surface area contributed by atoms with Crippen molar-refractivity contribution < 1.29 is 14.8 Å². The molecular weight excluding hydrogens is 382 g/mol. The van der Waals surface area contributed by atoms with Gasteiger partial charge in [-0.05, 0) is 51.8 Å². The van der Waals surface area contributed by atoms with E-state index < -0.39 is 5.91 Å². The smallest absolute Gasteiger partial charge is 0.271 e. The zero-order valence-electron chi connectivity index (χ0n) is 11.7. The average Bonchev–Trinajstić information content (AvgIpc) is 2.98. The van der Waals surface area contributed by atoms with E-state index in [1.54, 1.807) is 30.5 Å². The van der Waals surface area contributed by atoms with Gasteiger partial charge in [0.15, 0.2) is 0 Å². The molecule has 0 aliphatic rings. The number of nitrogens with zero attached hydrogens (tertiary/aromatic N) is 1. The van der Waals surface area contributed by atoms with Crippen LogP contribution in [0.4, 0.5) is 0 Å². The number of amides is 2. The Hall–Kier alpha value is -2.29. The molecule has 1 aromatic heterocycles. The van der Waals surface area contributed by atoms with Crippen molar-refractivity contribution in [3.63, 3.8) is 0 Å². The lowest BCUT2D eigenvalue weighted by Crippen LogP contribution is -2.17. The molecule has 0 aliphatic carbocycles. The Balaban J connectivity index is 1.93. The number of benzene rings is 1. The summed E-state index contributed by atoms with van der Waals surface area (Å²) >= 11 is 4.85. The fourth-order valence-electron chi connectivity index (χ4n) is 1.57. The van der Waals surface area contributed by atoms with Crippen molar-refractivity contribution in [2.75, 3.05) is 0 Å². The summed E-state index contributed by atoms with van der Waals surface area (Å²) in [7, 11) is 0. The standard InChI is InChI=1S/C15H12BrN3O3S/c16-13-7-6-12(23-13)9-17-18-15(21)11-4-1-10(2-5-11)3-8-14(20)19-22/h1-9,22H,(H,18,21)(H,19,20)/b8-3+,17-9+. The summed E-state index contributed by atoms with van der Waals surface area (Å²) in [6.07, 6.45) is 4.26. The number of hydrogen-bond donors (Lipinski definition) is 3. The van der Waals surface area contributed by atoms with Crippen molar-refractivity contribution in [1.29, 1.82) is 0 Å². The predicted octanol–water partition coefficient (Wildman–Crippen LogP) is 2.79. The molecule has 0 aliphatic heterocycles. The second kappa shape index (κ2) is 8.37. The highest BCUT2D eigenvalue weighted by molar-refractivity contribution is 9.11. The lowest BCUT2D eigenvalue weighted by molar-refractivity contribution is -0.124. The molecule has 2 rings (SSSR count). The topological polar surface area (TPSA) is 90.8 Å². The molecular formula is C15H12BrN3O3S. The van der Waals surface area contributed by atoms with E-state index in [0.29, 0.717) is 5.56 Å². The van der Waals surface area contributed by atoms with E-state index in [9.17, 15) is 9.59 Å². The van der Waals surface area contributed by atoms with Crippen LogP contribution in [0.1, 0.15) is 20.8 Å². The van der Waals surface area contributed by atoms with Crippen molar-refractivity contribution >= 4 is 51.4 Å². The number of carbonyl (C=O) groups excluding carboxylic acids is 2. The Morgan fingerprint density at radius 2 is 1.91 bits per heavy atom. The first-order chi connectivity index (χ1) is 11.1. The highest BCUT2D eigenvalue weighted by atomic mass is 79.9. The Morgan fingerprint density at radius 1 is 1.17 bits per heavy atom. The van der Waals surface area contributed by atoms with Crippen LogP contribution >= 0.6 is 27.3 Å². The normalized spacial score (nSPS) is 11.0. The second-order valence-corrected chi connectivity index (χ2v) is 6.77. The number of thiophene rings is 1. The molecule has 0 radical (unpaired) electrons. The van der Waals surface area contributed by atoms with Gasteiger partial charge in [-0.25, -0.2) is 10.9 Å². The maximum absolute atomic E-state index is 11.9. The number of rotatable bonds is 5. The summed E-state index contributed by atoms with van der Waals surface area (Å²) < 4.78 is 0.990. The maximum Gasteiger partial charge on any atom is 0.271 e. The van der Waals surface area contributed by atoms with Crippen LogP contribution in [0, 0.1) is 0 Å². The number of hydrazone groups is 1. The molecule has 0 bridgehead atoms. The van der Waals surface area contributed by atoms with Crippen molar-refractivity contribution in [3.8, 4) is 0 Å². The Labute approximate surface area is 144 Å². The van der Waals surface area contributed by atoms with Crippen LogP contribution in [0.5, 0.6) is 0 Å². The van der Waals surface area contributed by atoms with Gasteiger partial charge in [-0.3, -0.25) is 14.8 Å². The van der Waals surface area contributed by atoms with Gasteiger partial charge in [0.1, 0.15) is 0 Å². The van der Waals surface area contributed by atoms with Crippen molar-refractivity contribution in [2.24, 2.45) is 5.10 Å². The zero-order chi connectivity index (χ0) is 16.7. The second-order valence-electron chi connectivity index (χ2n) is 4.27. The van der Waals surface area contributed by atoms with Gasteiger partial charge in [-0.2, -0.15) is 5.10 Å². The molecule has 0 fully saturated rings. The molecule has 1 heterocycles. The Morgan fingerprint density at radius 3 is 2.52 bits per heavy atom. The van der Waals surface area contributed by atoms with Crippen LogP contribution in [-0.4, -0.2) is 23.2 Å². The lowest BCUT2D eigenvalue weighted by atomic mass is 10.1.